The summed E-state index contributed by atoms with van der Waals surface area (Å²) in [6.45, 7) is 0.0819. The van der Waals surface area contributed by atoms with Gasteiger partial charge >= 0.3 is 5.97 Å². The lowest BCUT2D eigenvalue weighted by molar-refractivity contribution is 0.0684. The highest BCUT2D eigenvalue weighted by molar-refractivity contribution is 5.85. The Bertz CT molecular complexity index is 728. The van der Waals surface area contributed by atoms with Gasteiger partial charge in [-0.25, -0.2) is 9.78 Å². The van der Waals surface area contributed by atoms with Crippen LogP contribution in [0, 0.1) is 11.3 Å². The molecule has 0 radical (unpaired) electrons. The highest BCUT2D eigenvalue weighted by Crippen LogP contribution is 2.05. The van der Waals surface area contributed by atoms with Gasteiger partial charge in [0.2, 0.25) is 0 Å². The summed E-state index contributed by atoms with van der Waals surface area (Å²) in [5, 5.41) is 17.8. The van der Waals surface area contributed by atoms with E-state index in [1.807, 2.05) is 6.07 Å². The quantitative estimate of drug-likeness (QED) is 0.877. The van der Waals surface area contributed by atoms with Crippen LogP contribution < -0.4 is 5.56 Å². The summed E-state index contributed by atoms with van der Waals surface area (Å²) in [6, 6.07) is 9.09. The maximum atomic E-state index is 11.7. The molecular formula is C13H9N3O3. The van der Waals surface area contributed by atoms with Gasteiger partial charge in [0.1, 0.15) is 17.5 Å². The lowest BCUT2D eigenvalue weighted by atomic mass is 10.2. The molecule has 0 aliphatic heterocycles. The van der Waals surface area contributed by atoms with Crippen molar-refractivity contribution in [3.63, 3.8) is 0 Å². The van der Waals surface area contributed by atoms with Crippen LogP contribution in [-0.4, -0.2) is 20.6 Å². The minimum Gasteiger partial charge on any atom is -0.477 e. The number of carboxylic acids is 1. The van der Waals surface area contributed by atoms with Gasteiger partial charge in [-0.15, -0.1) is 0 Å². The molecule has 0 atom stereocenters. The minimum atomic E-state index is -1.17. The highest BCUT2D eigenvalue weighted by atomic mass is 16.4. The van der Waals surface area contributed by atoms with E-state index < -0.39 is 11.5 Å². The van der Waals surface area contributed by atoms with Crippen molar-refractivity contribution in [2.45, 2.75) is 6.54 Å². The molecule has 1 N–H and O–H groups in total. The first kappa shape index (κ1) is 12.5. The molecule has 2 aromatic rings. The Morgan fingerprint density at radius 3 is 2.89 bits per heavy atom. The van der Waals surface area contributed by atoms with Gasteiger partial charge in [0, 0.05) is 12.3 Å². The van der Waals surface area contributed by atoms with Crippen molar-refractivity contribution in [1.29, 1.82) is 5.26 Å². The predicted octanol–water partition coefficient (Wildman–Crippen LogP) is 0.861. The average Bonchev–Trinajstić information content (AvgIpc) is 2.41. The molecule has 0 aromatic carbocycles. The molecule has 0 aliphatic carbocycles. The summed E-state index contributed by atoms with van der Waals surface area (Å²) < 4.78 is 1.14. The zero-order chi connectivity index (χ0) is 13.8. The van der Waals surface area contributed by atoms with Gasteiger partial charge in [-0.05, 0) is 23.8 Å². The standard InChI is InChI=1S/C13H9N3O3/c14-7-10-6-9(4-5-15-10)8-16-11(13(18)19)2-1-3-12(16)17/h1-6H,8H2,(H,18,19). The van der Waals surface area contributed by atoms with Crippen molar-refractivity contribution in [2.75, 3.05) is 0 Å². The third-order valence-electron chi connectivity index (χ3n) is 2.55. The topological polar surface area (TPSA) is 96.0 Å². The van der Waals surface area contributed by atoms with Crippen LogP contribution in [0.3, 0.4) is 0 Å². The Kier molecular flexibility index (Phi) is 3.39. The zero-order valence-corrected chi connectivity index (χ0v) is 9.78. The van der Waals surface area contributed by atoms with Gasteiger partial charge in [0.15, 0.2) is 0 Å². The first-order valence-electron chi connectivity index (χ1n) is 5.40. The lowest BCUT2D eigenvalue weighted by Gasteiger charge is -2.09. The Morgan fingerprint density at radius 1 is 1.42 bits per heavy atom. The number of carboxylic acid groups (broad SMARTS) is 1. The molecule has 0 fully saturated rings. The monoisotopic (exact) mass is 255 g/mol. The third kappa shape index (κ3) is 2.66. The van der Waals surface area contributed by atoms with Crippen molar-refractivity contribution in [1.82, 2.24) is 9.55 Å². The Balaban J connectivity index is 2.46. The summed E-state index contributed by atoms with van der Waals surface area (Å²) in [7, 11) is 0. The Labute approximate surface area is 108 Å². The van der Waals surface area contributed by atoms with E-state index in [9.17, 15) is 9.59 Å². The van der Waals surface area contributed by atoms with Gasteiger partial charge in [-0.3, -0.25) is 9.36 Å². The van der Waals surface area contributed by atoms with Gasteiger partial charge in [0.25, 0.3) is 5.56 Å². The smallest absolute Gasteiger partial charge is 0.352 e. The summed E-state index contributed by atoms with van der Waals surface area (Å²) >= 11 is 0. The van der Waals surface area contributed by atoms with Crippen molar-refractivity contribution in [2.24, 2.45) is 0 Å². The van der Waals surface area contributed by atoms with Gasteiger partial charge in [-0.2, -0.15) is 5.26 Å². The van der Waals surface area contributed by atoms with Crippen LogP contribution in [0.5, 0.6) is 0 Å². The maximum Gasteiger partial charge on any atom is 0.352 e. The second-order valence-electron chi connectivity index (χ2n) is 3.80. The maximum absolute atomic E-state index is 11.7. The number of rotatable bonds is 3. The first-order chi connectivity index (χ1) is 9.11. The molecule has 0 bridgehead atoms. The van der Waals surface area contributed by atoms with Crippen LogP contribution in [-0.2, 0) is 6.54 Å². The van der Waals surface area contributed by atoms with E-state index in [2.05, 4.69) is 4.98 Å². The molecule has 94 valence electrons. The number of carbonyl (C=O) groups is 1. The number of aromatic nitrogens is 2. The second kappa shape index (κ2) is 5.14. The summed E-state index contributed by atoms with van der Waals surface area (Å²) in [4.78, 5) is 26.6. The van der Waals surface area contributed by atoms with Crippen LogP contribution in [0.1, 0.15) is 21.7 Å². The normalized spacial score (nSPS) is 9.84. The predicted molar refractivity (Wildman–Crippen MR) is 65.7 cm³/mol. The fourth-order valence-electron chi connectivity index (χ4n) is 1.69. The van der Waals surface area contributed by atoms with E-state index >= 15 is 0 Å². The number of nitriles is 1. The van der Waals surface area contributed by atoms with E-state index in [0.717, 1.165) is 4.57 Å². The molecule has 2 aromatic heterocycles. The third-order valence-corrected chi connectivity index (χ3v) is 2.55. The van der Waals surface area contributed by atoms with Crippen LogP contribution in [0.25, 0.3) is 0 Å². The minimum absolute atomic E-state index is 0.0819. The molecule has 6 heteroatoms. The Hall–Kier alpha value is -2.94. The van der Waals surface area contributed by atoms with Crippen molar-refractivity contribution in [3.8, 4) is 6.07 Å². The molecular weight excluding hydrogens is 246 g/mol. The number of hydrogen-bond donors (Lipinski definition) is 1. The average molecular weight is 255 g/mol. The molecule has 0 spiro atoms. The largest absolute Gasteiger partial charge is 0.477 e. The van der Waals surface area contributed by atoms with E-state index in [0.29, 0.717) is 5.56 Å². The summed E-state index contributed by atoms with van der Waals surface area (Å²) in [5.74, 6) is -1.17. The van der Waals surface area contributed by atoms with Crippen LogP contribution in [0.15, 0.2) is 41.3 Å². The van der Waals surface area contributed by atoms with E-state index in [1.165, 1.54) is 30.5 Å². The molecule has 19 heavy (non-hydrogen) atoms. The van der Waals surface area contributed by atoms with Crippen LogP contribution >= 0.6 is 0 Å². The number of nitrogens with zero attached hydrogens (tertiary/aromatic N) is 3. The molecule has 6 nitrogen and oxygen atoms in total. The molecule has 2 heterocycles. The second-order valence-corrected chi connectivity index (χ2v) is 3.80. The number of hydrogen-bond acceptors (Lipinski definition) is 4. The molecule has 2 rings (SSSR count). The SMILES string of the molecule is N#Cc1cc(Cn2c(C(=O)O)cccc2=O)ccn1. The summed E-state index contributed by atoms with van der Waals surface area (Å²) in [5.41, 5.74) is 0.360. The summed E-state index contributed by atoms with van der Waals surface area (Å²) in [6.07, 6.45) is 1.45. The molecule has 0 unspecified atom stereocenters. The van der Waals surface area contributed by atoms with Gasteiger partial charge in [0.05, 0.1) is 6.54 Å². The fourth-order valence-corrected chi connectivity index (χ4v) is 1.69. The fraction of sp³-hybridized carbons (Fsp3) is 0.0769. The van der Waals surface area contributed by atoms with Crippen molar-refractivity contribution < 1.29 is 9.90 Å². The van der Waals surface area contributed by atoms with Gasteiger partial charge < -0.3 is 5.11 Å². The highest BCUT2D eigenvalue weighted by Gasteiger charge is 2.10. The van der Waals surface area contributed by atoms with Crippen molar-refractivity contribution in [3.05, 3.63) is 63.8 Å². The molecule has 0 saturated heterocycles. The van der Waals surface area contributed by atoms with Gasteiger partial charge in [-0.1, -0.05) is 6.07 Å². The van der Waals surface area contributed by atoms with E-state index in [4.69, 9.17) is 10.4 Å². The molecule has 0 saturated carbocycles. The molecule has 0 amide bonds. The first-order valence-corrected chi connectivity index (χ1v) is 5.40. The zero-order valence-electron chi connectivity index (χ0n) is 9.78. The van der Waals surface area contributed by atoms with Crippen LogP contribution in [0.2, 0.25) is 0 Å². The number of aromatic carboxylic acids is 1. The molecule has 0 aliphatic rings. The lowest BCUT2D eigenvalue weighted by Crippen LogP contribution is -2.25. The van der Waals surface area contributed by atoms with Crippen molar-refractivity contribution >= 4 is 5.97 Å². The van der Waals surface area contributed by atoms with E-state index in [1.54, 1.807) is 6.07 Å². The Morgan fingerprint density at radius 2 is 2.21 bits per heavy atom. The number of pyridine rings is 2. The van der Waals surface area contributed by atoms with E-state index in [-0.39, 0.29) is 17.9 Å². The van der Waals surface area contributed by atoms with Crippen LogP contribution in [0.4, 0.5) is 0 Å².